The maximum atomic E-state index is 11.9. The lowest BCUT2D eigenvalue weighted by Gasteiger charge is -2.12. The van der Waals surface area contributed by atoms with Crippen LogP contribution in [0.4, 0.5) is 0 Å². The molecule has 0 bridgehead atoms. The summed E-state index contributed by atoms with van der Waals surface area (Å²) >= 11 is 0. The van der Waals surface area contributed by atoms with E-state index in [0.717, 1.165) is 0 Å². The lowest BCUT2D eigenvalue weighted by molar-refractivity contribution is 0.0654. The van der Waals surface area contributed by atoms with Gasteiger partial charge in [-0.2, -0.15) is 0 Å². The second-order valence-electron chi connectivity index (χ2n) is 3.94. The molecule has 1 unspecified atom stereocenters. The molecule has 1 aliphatic heterocycles. The average molecular weight is 251 g/mol. The lowest BCUT2D eigenvalue weighted by atomic mass is 10.1. The molecule has 0 aliphatic carbocycles. The van der Waals surface area contributed by atoms with Crippen LogP contribution in [0, 0.1) is 0 Å². The highest BCUT2D eigenvalue weighted by atomic mass is 32.2. The number of benzene rings is 1. The van der Waals surface area contributed by atoms with Gasteiger partial charge in [0.2, 0.25) is 0 Å². The topological polar surface area (TPSA) is 54.5 Å². The van der Waals surface area contributed by atoms with Crippen molar-refractivity contribution in [1.29, 1.82) is 0 Å². The number of nitrogens with zero attached hydrogens (tertiary/aromatic N) is 1. The van der Waals surface area contributed by atoms with Gasteiger partial charge < -0.3 is 0 Å². The maximum Gasteiger partial charge on any atom is 0.261 e. The zero-order chi connectivity index (χ0) is 12.4. The molecule has 4 nitrogen and oxygen atoms in total. The molecule has 90 valence electrons. The van der Waals surface area contributed by atoms with E-state index < -0.39 is 10.8 Å². The van der Waals surface area contributed by atoms with Crippen molar-refractivity contribution in [3.8, 4) is 0 Å². The van der Waals surface area contributed by atoms with Crippen molar-refractivity contribution in [2.75, 3.05) is 18.6 Å². The van der Waals surface area contributed by atoms with Gasteiger partial charge in [0.1, 0.15) is 0 Å². The predicted octanol–water partition coefficient (Wildman–Crippen LogP) is 1.05. The first-order chi connectivity index (χ1) is 8.11. The van der Waals surface area contributed by atoms with Crippen LogP contribution in [0.2, 0.25) is 0 Å². The summed E-state index contributed by atoms with van der Waals surface area (Å²) in [4.78, 5) is 25.1. The molecule has 0 saturated heterocycles. The molecule has 0 saturated carbocycles. The minimum Gasteiger partial charge on any atom is -0.274 e. The van der Waals surface area contributed by atoms with Crippen LogP contribution in [0.5, 0.6) is 0 Å². The summed E-state index contributed by atoms with van der Waals surface area (Å²) in [5.41, 5.74) is 0.935. The summed E-state index contributed by atoms with van der Waals surface area (Å²) < 4.78 is 10.9. The van der Waals surface area contributed by atoms with E-state index in [9.17, 15) is 13.8 Å². The Morgan fingerprint density at radius 1 is 1.12 bits per heavy atom. The van der Waals surface area contributed by atoms with Gasteiger partial charge in [-0.05, 0) is 18.6 Å². The Balaban J connectivity index is 2.11. The number of hydrogen-bond donors (Lipinski definition) is 0. The van der Waals surface area contributed by atoms with Gasteiger partial charge in [-0.1, -0.05) is 12.1 Å². The molecule has 17 heavy (non-hydrogen) atoms. The molecule has 0 aromatic heterocycles. The molecule has 2 amide bonds. The predicted molar refractivity (Wildman–Crippen MR) is 65.4 cm³/mol. The molecule has 1 aromatic rings. The average Bonchev–Trinajstić information content (AvgIpc) is 2.54. The molecule has 1 heterocycles. The van der Waals surface area contributed by atoms with E-state index in [1.54, 1.807) is 30.5 Å². The fourth-order valence-electron chi connectivity index (χ4n) is 1.87. The van der Waals surface area contributed by atoms with Gasteiger partial charge >= 0.3 is 0 Å². The van der Waals surface area contributed by atoms with E-state index in [1.165, 1.54) is 4.90 Å². The zero-order valence-electron chi connectivity index (χ0n) is 9.51. The minimum atomic E-state index is -0.888. The fraction of sp³-hybridized carbons (Fsp3) is 0.333. The van der Waals surface area contributed by atoms with Crippen molar-refractivity contribution in [2.45, 2.75) is 6.42 Å². The third-order valence-electron chi connectivity index (χ3n) is 2.69. The Kier molecular flexibility index (Phi) is 3.38. The first-order valence-electron chi connectivity index (χ1n) is 5.36. The Labute approximate surface area is 102 Å². The number of fused-ring (bicyclic) bond motifs is 1. The Bertz CT molecular complexity index is 463. The van der Waals surface area contributed by atoms with Gasteiger partial charge in [0.25, 0.3) is 11.8 Å². The van der Waals surface area contributed by atoms with E-state index in [-0.39, 0.29) is 11.8 Å². The standard InChI is InChI=1S/C12H13NO3S/c1-17(16)8-4-7-13-11(14)9-5-2-3-6-10(9)12(13)15/h2-3,5-6H,4,7-8H2,1H3. The normalized spacial score (nSPS) is 16.2. The summed E-state index contributed by atoms with van der Waals surface area (Å²) in [6, 6.07) is 6.81. The highest BCUT2D eigenvalue weighted by Crippen LogP contribution is 2.22. The van der Waals surface area contributed by atoms with Crippen LogP contribution >= 0.6 is 0 Å². The number of hydrogen-bond acceptors (Lipinski definition) is 3. The maximum absolute atomic E-state index is 11.9. The number of imide groups is 1. The molecule has 0 N–H and O–H groups in total. The van der Waals surface area contributed by atoms with Crippen molar-refractivity contribution >= 4 is 22.6 Å². The monoisotopic (exact) mass is 251 g/mol. The summed E-state index contributed by atoms with van der Waals surface area (Å²) in [6.07, 6.45) is 2.19. The molecular weight excluding hydrogens is 238 g/mol. The first-order valence-corrected chi connectivity index (χ1v) is 7.09. The number of rotatable bonds is 4. The van der Waals surface area contributed by atoms with Crippen molar-refractivity contribution in [3.63, 3.8) is 0 Å². The summed E-state index contributed by atoms with van der Waals surface area (Å²) in [5, 5.41) is 0. The van der Waals surface area contributed by atoms with E-state index in [4.69, 9.17) is 0 Å². The van der Waals surface area contributed by atoms with Crippen molar-refractivity contribution in [1.82, 2.24) is 4.90 Å². The van der Waals surface area contributed by atoms with Gasteiger partial charge in [0.15, 0.2) is 0 Å². The molecular formula is C12H13NO3S. The number of amides is 2. The van der Waals surface area contributed by atoms with Crippen LogP contribution < -0.4 is 0 Å². The Morgan fingerprint density at radius 3 is 2.12 bits per heavy atom. The van der Waals surface area contributed by atoms with E-state index in [0.29, 0.717) is 29.8 Å². The molecule has 0 radical (unpaired) electrons. The second-order valence-corrected chi connectivity index (χ2v) is 5.49. The van der Waals surface area contributed by atoms with Crippen LogP contribution in [-0.2, 0) is 10.8 Å². The molecule has 1 aliphatic rings. The first kappa shape index (κ1) is 12.0. The van der Waals surface area contributed by atoms with E-state index in [1.807, 2.05) is 0 Å². The Hall–Kier alpha value is -1.49. The fourth-order valence-corrected chi connectivity index (χ4v) is 2.40. The highest BCUT2D eigenvalue weighted by molar-refractivity contribution is 7.84. The van der Waals surface area contributed by atoms with Gasteiger partial charge in [0.05, 0.1) is 11.1 Å². The quantitative estimate of drug-likeness (QED) is 0.752. The summed E-state index contributed by atoms with van der Waals surface area (Å²) in [5.74, 6) is 0.0212. The van der Waals surface area contributed by atoms with Crippen molar-refractivity contribution in [3.05, 3.63) is 35.4 Å². The molecule has 1 atom stereocenters. The SMILES string of the molecule is CS(=O)CCCN1C(=O)c2ccccc2C1=O. The largest absolute Gasteiger partial charge is 0.274 e. The van der Waals surface area contributed by atoms with Crippen LogP contribution in [0.3, 0.4) is 0 Å². The highest BCUT2D eigenvalue weighted by Gasteiger charge is 2.34. The smallest absolute Gasteiger partial charge is 0.261 e. The van der Waals surface area contributed by atoms with Gasteiger partial charge in [-0.25, -0.2) is 0 Å². The number of carbonyl (C=O) groups is 2. The third kappa shape index (κ3) is 2.29. The van der Waals surface area contributed by atoms with E-state index in [2.05, 4.69) is 0 Å². The zero-order valence-corrected chi connectivity index (χ0v) is 10.3. The molecule has 0 fully saturated rings. The minimum absolute atomic E-state index is 0.243. The van der Waals surface area contributed by atoms with Gasteiger partial charge in [0, 0.05) is 29.4 Å². The molecule has 5 heteroatoms. The van der Waals surface area contributed by atoms with Crippen LogP contribution in [0.25, 0.3) is 0 Å². The number of carbonyl (C=O) groups excluding carboxylic acids is 2. The Morgan fingerprint density at radius 2 is 1.65 bits per heavy atom. The van der Waals surface area contributed by atoms with Gasteiger partial charge in [-0.15, -0.1) is 0 Å². The molecule has 1 aromatic carbocycles. The van der Waals surface area contributed by atoms with Crippen LogP contribution in [0.15, 0.2) is 24.3 Å². The molecule has 0 spiro atoms. The summed E-state index contributed by atoms with van der Waals surface area (Å²) in [7, 11) is -0.888. The van der Waals surface area contributed by atoms with Crippen LogP contribution in [0.1, 0.15) is 27.1 Å². The lowest BCUT2D eigenvalue weighted by Crippen LogP contribution is -2.31. The second kappa shape index (κ2) is 4.79. The third-order valence-corrected chi connectivity index (χ3v) is 3.56. The van der Waals surface area contributed by atoms with Gasteiger partial charge in [-0.3, -0.25) is 18.7 Å². The molecule has 2 rings (SSSR count). The summed E-state index contributed by atoms with van der Waals surface area (Å²) in [6.45, 7) is 0.339. The van der Waals surface area contributed by atoms with Crippen LogP contribution in [-0.4, -0.2) is 39.5 Å². The van der Waals surface area contributed by atoms with Crippen molar-refractivity contribution < 1.29 is 13.8 Å². The van der Waals surface area contributed by atoms with Crippen molar-refractivity contribution in [2.24, 2.45) is 0 Å². The van der Waals surface area contributed by atoms with E-state index >= 15 is 0 Å².